The minimum absolute atomic E-state index is 0. The second-order valence-electron chi connectivity index (χ2n) is 6.77. The number of nitrogens with one attached hydrogen (secondary N) is 3. The van der Waals surface area contributed by atoms with Gasteiger partial charge in [0.15, 0.2) is 11.2 Å². The average molecular weight is 479 g/mol. The number of anilines is 2. The van der Waals surface area contributed by atoms with Gasteiger partial charge in [-0.2, -0.15) is 4.98 Å². The monoisotopic (exact) mass is 479 g/mol. The van der Waals surface area contributed by atoms with Crippen molar-refractivity contribution >= 4 is 40.6 Å². The first-order valence-corrected chi connectivity index (χ1v) is 9.48. The summed E-state index contributed by atoms with van der Waals surface area (Å²) in [6, 6.07) is 4.73. The van der Waals surface area contributed by atoms with Crippen LogP contribution in [-0.4, -0.2) is 48.9 Å². The van der Waals surface area contributed by atoms with E-state index in [2.05, 4.69) is 35.5 Å². The Kier molecular flexibility index (Phi) is 9.44. The summed E-state index contributed by atoms with van der Waals surface area (Å²) >= 11 is 0. The first-order chi connectivity index (χ1) is 15.8. The van der Waals surface area contributed by atoms with Gasteiger partial charge in [-0.15, -0.1) is 0 Å². The van der Waals surface area contributed by atoms with Crippen LogP contribution in [0.3, 0.4) is 0 Å². The number of benzene rings is 1. The van der Waals surface area contributed by atoms with Gasteiger partial charge in [-0.1, -0.05) is 0 Å². The van der Waals surface area contributed by atoms with Crippen LogP contribution in [0.15, 0.2) is 35.3 Å². The second kappa shape index (κ2) is 12.0. The molecule has 1 aromatic carbocycles. The molecule has 0 aliphatic heterocycles. The van der Waals surface area contributed by atoms with Gasteiger partial charge in [-0.05, 0) is 30.7 Å². The largest absolute Gasteiger partial charge is 1.00 e. The van der Waals surface area contributed by atoms with Gasteiger partial charge >= 0.3 is 35.5 Å². The van der Waals surface area contributed by atoms with Crippen molar-refractivity contribution in [1.29, 1.82) is 0 Å². The molecule has 1 atom stereocenters. The Morgan fingerprint density at radius 3 is 2.56 bits per heavy atom. The standard InChI is InChI=1S/C19H19N7O7.Na/c20-19-25-15-14(17(29)26-19)23-11(8-22-15)7-21-10-3-1-9(2-4-10)16(28)24-12(18(30)31)5-6-13(27)33-32;/h1-4,8,12,21,32H,5-7H2,(H,24,28)(H,30,31)(H3,20,22,25,26,29);/q;+1/p-1/t12-;/m0./s1. The number of nitrogen functional groups attached to an aromatic ring is 1. The van der Waals surface area contributed by atoms with E-state index in [1.54, 1.807) is 12.1 Å². The van der Waals surface area contributed by atoms with Crippen LogP contribution < -0.4 is 56.7 Å². The number of nitrogens with two attached hydrogens (primary N) is 1. The number of fused-ring (bicyclic) bond motifs is 1. The molecule has 0 spiro atoms. The van der Waals surface area contributed by atoms with Crippen LogP contribution in [0.2, 0.25) is 0 Å². The number of carbonyl (C=O) groups excluding carboxylic acids is 2. The summed E-state index contributed by atoms with van der Waals surface area (Å²) in [4.78, 5) is 64.1. The first-order valence-electron chi connectivity index (χ1n) is 9.48. The predicted octanol–water partition coefficient (Wildman–Crippen LogP) is -4.31. The summed E-state index contributed by atoms with van der Waals surface area (Å²) < 4.78 is 0. The number of carboxylic acid groups (broad SMARTS) is 1. The Balaban J connectivity index is 0.00000408. The van der Waals surface area contributed by atoms with Crippen LogP contribution in [0.5, 0.6) is 0 Å². The summed E-state index contributed by atoms with van der Waals surface area (Å²) in [6.07, 6.45) is 0.702. The Morgan fingerprint density at radius 2 is 1.91 bits per heavy atom. The fourth-order valence-corrected chi connectivity index (χ4v) is 2.79. The van der Waals surface area contributed by atoms with Crippen molar-refractivity contribution in [2.75, 3.05) is 11.1 Å². The van der Waals surface area contributed by atoms with Gasteiger partial charge in [0, 0.05) is 17.7 Å². The molecule has 2 heterocycles. The molecule has 0 aliphatic rings. The Hall–Kier alpha value is -3.59. The molecule has 0 fully saturated rings. The van der Waals surface area contributed by atoms with Crippen LogP contribution in [0.1, 0.15) is 28.9 Å². The molecule has 34 heavy (non-hydrogen) atoms. The van der Waals surface area contributed by atoms with Crippen molar-refractivity contribution in [3.05, 3.63) is 52.1 Å². The molecule has 0 saturated carbocycles. The number of carbonyl (C=O) groups is 3. The molecule has 3 aromatic rings. The number of hydrogen-bond donors (Lipinski definition) is 5. The number of carboxylic acids is 1. The molecule has 14 nitrogen and oxygen atoms in total. The van der Waals surface area contributed by atoms with E-state index in [9.17, 15) is 29.5 Å². The van der Waals surface area contributed by atoms with Crippen molar-refractivity contribution < 1.29 is 59.2 Å². The zero-order valence-corrected chi connectivity index (χ0v) is 19.9. The fourth-order valence-electron chi connectivity index (χ4n) is 2.79. The van der Waals surface area contributed by atoms with E-state index in [4.69, 9.17) is 5.73 Å². The Morgan fingerprint density at radius 1 is 1.21 bits per heavy atom. The quantitative estimate of drug-likeness (QED) is 0.112. The molecule has 6 N–H and O–H groups in total. The van der Waals surface area contributed by atoms with Crippen molar-refractivity contribution in [3.63, 3.8) is 0 Å². The van der Waals surface area contributed by atoms with Gasteiger partial charge in [0.1, 0.15) is 6.04 Å². The van der Waals surface area contributed by atoms with E-state index in [1.807, 2.05) is 0 Å². The van der Waals surface area contributed by atoms with Gasteiger partial charge in [0.05, 0.1) is 18.4 Å². The van der Waals surface area contributed by atoms with Gasteiger partial charge in [0.2, 0.25) is 5.95 Å². The SMILES string of the molecule is Nc1nc2ncc(CNc3ccc(C(=O)N[C@@H](CCC(=O)O[O-])C(=O)O)cc3)nc2c(=O)[nH]1.[Na+]. The maximum atomic E-state index is 12.3. The molecule has 172 valence electrons. The van der Waals surface area contributed by atoms with E-state index in [-0.39, 0.29) is 65.2 Å². The minimum atomic E-state index is -1.37. The molecule has 3 rings (SSSR count). The normalized spacial score (nSPS) is 11.2. The molecular weight excluding hydrogens is 461 g/mol. The zero-order chi connectivity index (χ0) is 24.0. The van der Waals surface area contributed by atoms with Crippen molar-refractivity contribution in [2.45, 2.75) is 25.4 Å². The summed E-state index contributed by atoms with van der Waals surface area (Å²) in [5.41, 5.74) is 6.39. The number of H-pyrrole nitrogens is 1. The van der Waals surface area contributed by atoms with Crippen LogP contribution in [0.4, 0.5) is 11.6 Å². The van der Waals surface area contributed by atoms with Crippen LogP contribution in [-0.2, 0) is 21.0 Å². The zero-order valence-electron chi connectivity index (χ0n) is 17.9. The smallest absolute Gasteiger partial charge is 0.662 e. The third kappa shape index (κ3) is 6.95. The summed E-state index contributed by atoms with van der Waals surface area (Å²) in [7, 11) is 0. The maximum absolute atomic E-state index is 12.3. The van der Waals surface area contributed by atoms with Crippen molar-refractivity contribution in [2.24, 2.45) is 0 Å². The molecule has 0 radical (unpaired) electrons. The van der Waals surface area contributed by atoms with Crippen molar-refractivity contribution in [3.8, 4) is 0 Å². The summed E-state index contributed by atoms with van der Waals surface area (Å²) in [5, 5.41) is 24.5. The molecule has 1 amide bonds. The minimum Gasteiger partial charge on any atom is -0.662 e. The summed E-state index contributed by atoms with van der Waals surface area (Å²) in [5.74, 6) is -3.20. The second-order valence-corrected chi connectivity index (χ2v) is 6.77. The van der Waals surface area contributed by atoms with Crippen LogP contribution >= 0.6 is 0 Å². The predicted molar refractivity (Wildman–Crippen MR) is 110 cm³/mol. The molecule has 0 saturated heterocycles. The van der Waals surface area contributed by atoms with E-state index in [0.717, 1.165) is 0 Å². The molecular formula is C19H18N7NaO7. The number of hydrogen-bond acceptors (Lipinski definition) is 11. The Labute approximate surface area is 213 Å². The van der Waals surface area contributed by atoms with Gasteiger partial charge in [-0.25, -0.2) is 14.8 Å². The van der Waals surface area contributed by atoms with Crippen molar-refractivity contribution in [1.82, 2.24) is 25.3 Å². The number of aromatic amines is 1. The third-order valence-corrected chi connectivity index (χ3v) is 4.44. The molecule has 0 unspecified atom stereocenters. The van der Waals surface area contributed by atoms with Gasteiger partial charge in [-0.3, -0.25) is 19.4 Å². The molecule has 15 heteroatoms. The number of amides is 1. The number of nitrogens with zero attached hydrogens (tertiary/aromatic N) is 3. The first kappa shape index (κ1) is 26.7. The topological polar surface area (TPSA) is 225 Å². The van der Waals surface area contributed by atoms with E-state index < -0.39 is 35.9 Å². The number of aliphatic carboxylic acids is 1. The number of rotatable bonds is 9. The molecule has 0 bridgehead atoms. The third-order valence-electron chi connectivity index (χ3n) is 4.44. The van der Waals surface area contributed by atoms with Crippen LogP contribution in [0, 0.1) is 0 Å². The molecule has 0 aliphatic carbocycles. The van der Waals surface area contributed by atoms with E-state index in [0.29, 0.717) is 11.4 Å². The fraction of sp³-hybridized carbons (Fsp3) is 0.211. The number of aromatic nitrogens is 4. The summed E-state index contributed by atoms with van der Waals surface area (Å²) in [6.45, 7) is 0.217. The van der Waals surface area contributed by atoms with Crippen LogP contribution in [0.25, 0.3) is 11.2 Å². The van der Waals surface area contributed by atoms with Gasteiger partial charge in [0.25, 0.3) is 17.4 Å². The van der Waals surface area contributed by atoms with E-state index in [1.165, 1.54) is 18.3 Å². The van der Waals surface area contributed by atoms with Gasteiger partial charge < -0.3 is 31.6 Å². The average Bonchev–Trinajstić information content (AvgIpc) is 2.80. The Bertz CT molecular complexity index is 1250. The maximum Gasteiger partial charge on any atom is 1.00 e. The molecule has 2 aromatic heterocycles. The van der Waals surface area contributed by atoms with E-state index >= 15 is 0 Å².